The molecule has 0 aliphatic rings. The fraction of sp³-hybridized carbons (Fsp3) is 0.321. The standard InChI is InChI=1S/C28H28ClN5O7/c1-28(2,3)26(39)34-27-32-22-18(24(37)33-27)12-16(14-30-22)7-6-15-8-9-17(19(29)13-15)23(36)31-20(25(38)41-5)10-11-21(35)40-4/h8-9,12-14,20H,10-11H2,1-5H3,(H,31,36)(H2,30,32,33,34,37,39)/t20-/m0/s1. The summed E-state index contributed by atoms with van der Waals surface area (Å²) in [6.45, 7) is 5.20. The molecular weight excluding hydrogens is 554 g/mol. The van der Waals surface area contributed by atoms with Crippen molar-refractivity contribution in [3.63, 3.8) is 0 Å². The number of esters is 2. The SMILES string of the molecule is COC(=O)CC[C@H](NC(=O)c1ccc(C#Cc2cnc3nc(NC(=O)C(C)(C)C)[nH]c(=O)c3c2)cc1Cl)C(=O)OC. The molecule has 0 aliphatic carbocycles. The number of hydrogen-bond acceptors (Lipinski definition) is 9. The van der Waals surface area contributed by atoms with Crippen LogP contribution in [0.1, 0.15) is 55.1 Å². The van der Waals surface area contributed by atoms with Gasteiger partial charge in [-0.05, 0) is 30.7 Å². The van der Waals surface area contributed by atoms with Crippen LogP contribution in [0.2, 0.25) is 5.02 Å². The molecule has 0 fully saturated rings. The molecule has 1 atom stereocenters. The Morgan fingerprint density at radius 3 is 2.41 bits per heavy atom. The highest BCUT2D eigenvalue weighted by atomic mass is 35.5. The summed E-state index contributed by atoms with van der Waals surface area (Å²) in [5, 5.41) is 5.34. The first-order chi connectivity index (χ1) is 19.3. The zero-order valence-corrected chi connectivity index (χ0v) is 23.8. The summed E-state index contributed by atoms with van der Waals surface area (Å²) in [6, 6.07) is 4.91. The summed E-state index contributed by atoms with van der Waals surface area (Å²) >= 11 is 6.32. The maximum Gasteiger partial charge on any atom is 0.328 e. The van der Waals surface area contributed by atoms with Gasteiger partial charge in [0.25, 0.3) is 11.5 Å². The maximum absolute atomic E-state index is 12.8. The number of pyridine rings is 1. The first kappa shape index (κ1) is 30.8. The minimum Gasteiger partial charge on any atom is -0.469 e. The van der Waals surface area contributed by atoms with Crippen molar-refractivity contribution in [3.8, 4) is 11.8 Å². The number of H-pyrrole nitrogens is 1. The molecule has 0 saturated carbocycles. The van der Waals surface area contributed by atoms with Gasteiger partial charge in [-0.15, -0.1) is 0 Å². The van der Waals surface area contributed by atoms with Gasteiger partial charge in [0.15, 0.2) is 5.65 Å². The summed E-state index contributed by atoms with van der Waals surface area (Å²) in [7, 11) is 2.39. The lowest BCUT2D eigenvalue weighted by molar-refractivity contribution is -0.144. The Kier molecular flexibility index (Phi) is 9.81. The maximum atomic E-state index is 12.8. The van der Waals surface area contributed by atoms with Crippen LogP contribution in [0.5, 0.6) is 0 Å². The van der Waals surface area contributed by atoms with Gasteiger partial charge in [-0.25, -0.2) is 9.78 Å². The third kappa shape index (κ3) is 8.12. The number of ether oxygens (including phenoxy) is 2. The number of aromatic amines is 1. The van der Waals surface area contributed by atoms with Gasteiger partial charge in [0.05, 0.1) is 30.2 Å². The number of amides is 2. The number of hydrogen-bond donors (Lipinski definition) is 3. The number of halogens is 1. The molecule has 12 nitrogen and oxygen atoms in total. The second-order valence-electron chi connectivity index (χ2n) is 9.82. The van der Waals surface area contributed by atoms with Gasteiger partial charge in [0.1, 0.15) is 6.04 Å². The Hall–Kier alpha value is -4.76. The molecule has 2 amide bonds. The minimum atomic E-state index is -1.08. The number of nitrogens with zero attached hydrogens (tertiary/aromatic N) is 2. The van der Waals surface area contributed by atoms with Gasteiger partial charge in [-0.1, -0.05) is 44.2 Å². The minimum absolute atomic E-state index is 0.00565. The van der Waals surface area contributed by atoms with E-state index in [-0.39, 0.29) is 46.3 Å². The van der Waals surface area contributed by atoms with Crippen molar-refractivity contribution in [1.82, 2.24) is 20.3 Å². The van der Waals surface area contributed by atoms with E-state index in [2.05, 4.69) is 42.2 Å². The lowest BCUT2D eigenvalue weighted by Gasteiger charge is -2.16. The summed E-state index contributed by atoms with van der Waals surface area (Å²) in [4.78, 5) is 72.0. The molecule has 3 rings (SSSR count). The normalized spacial score (nSPS) is 11.6. The van der Waals surface area contributed by atoms with Crippen molar-refractivity contribution >= 4 is 52.3 Å². The molecule has 0 bridgehead atoms. The molecule has 0 saturated heterocycles. The third-order valence-corrected chi connectivity index (χ3v) is 6.01. The van der Waals surface area contributed by atoms with Crippen LogP contribution >= 0.6 is 11.6 Å². The van der Waals surface area contributed by atoms with Gasteiger partial charge < -0.3 is 14.8 Å². The number of methoxy groups -OCH3 is 2. The van der Waals surface area contributed by atoms with E-state index in [1.165, 1.54) is 38.6 Å². The van der Waals surface area contributed by atoms with Crippen molar-refractivity contribution in [2.24, 2.45) is 5.41 Å². The van der Waals surface area contributed by atoms with Gasteiger partial charge in [0, 0.05) is 29.2 Å². The number of aromatic nitrogens is 3. The smallest absolute Gasteiger partial charge is 0.328 e. The van der Waals surface area contributed by atoms with Crippen LogP contribution < -0.4 is 16.2 Å². The quantitative estimate of drug-likeness (QED) is 0.280. The van der Waals surface area contributed by atoms with Crippen molar-refractivity contribution in [2.45, 2.75) is 39.7 Å². The molecule has 3 aromatic rings. The Morgan fingerprint density at radius 1 is 1.07 bits per heavy atom. The number of carbonyl (C=O) groups excluding carboxylic acids is 4. The highest BCUT2D eigenvalue weighted by Crippen LogP contribution is 2.19. The molecule has 2 aromatic heterocycles. The zero-order valence-electron chi connectivity index (χ0n) is 23.0. The average molecular weight is 582 g/mol. The molecule has 0 spiro atoms. The first-order valence-corrected chi connectivity index (χ1v) is 12.7. The van der Waals surface area contributed by atoms with Crippen molar-refractivity contribution in [2.75, 3.05) is 19.5 Å². The lowest BCUT2D eigenvalue weighted by Crippen LogP contribution is -2.42. The van der Waals surface area contributed by atoms with E-state index in [9.17, 15) is 24.0 Å². The molecule has 3 N–H and O–H groups in total. The fourth-order valence-corrected chi connectivity index (χ4v) is 3.62. The van der Waals surface area contributed by atoms with Crippen LogP contribution in [0.3, 0.4) is 0 Å². The predicted octanol–water partition coefficient (Wildman–Crippen LogP) is 2.58. The van der Waals surface area contributed by atoms with Crippen LogP contribution in [0, 0.1) is 17.3 Å². The summed E-state index contributed by atoms with van der Waals surface area (Å²) in [6.07, 6.45) is 1.32. The van der Waals surface area contributed by atoms with Gasteiger partial charge >= 0.3 is 11.9 Å². The Bertz CT molecular complexity index is 1630. The van der Waals surface area contributed by atoms with Crippen molar-refractivity contribution in [3.05, 3.63) is 62.5 Å². The number of benzene rings is 1. The van der Waals surface area contributed by atoms with Crippen LogP contribution in [0.25, 0.3) is 11.0 Å². The van der Waals surface area contributed by atoms with Crippen LogP contribution in [0.4, 0.5) is 5.95 Å². The van der Waals surface area contributed by atoms with E-state index >= 15 is 0 Å². The highest BCUT2D eigenvalue weighted by Gasteiger charge is 2.24. The number of nitrogens with one attached hydrogen (secondary N) is 3. The van der Waals surface area contributed by atoms with Gasteiger partial charge in [0.2, 0.25) is 11.9 Å². The van der Waals surface area contributed by atoms with E-state index < -0.39 is 34.9 Å². The fourth-order valence-electron chi connectivity index (χ4n) is 3.36. The van der Waals surface area contributed by atoms with Crippen LogP contribution in [-0.2, 0) is 23.9 Å². The lowest BCUT2D eigenvalue weighted by atomic mass is 9.96. The van der Waals surface area contributed by atoms with Crippen molar-refractivity contribution < 1.29 is 28.7 Å². The van der Waals surface area contributed by atoms with Gasteiger partial charge in [-0.3, -0.25) is 29.5 Å². The molecule has 41 heavy (non-hydrogen) atoms. The molecule has 13 heteroatoms. The monoisotopic (exact) mass is 581 g/mol. The molecule has 0 aliphatic heterocycles. The zero-order chi connectivity index (χ0) is 30.3. The Balaban J connectivity index is 1.77. The highest BCUT2D eigenvalue weighted by molar-refractivity contribution is 6.34. The van der Waals surface area contributed by atoms with Gasteiger partial charge in [-0.2, -0.15) is 4.98 Å². The molecule has 1 aromatic carbocycles. The molecular formula is C28H28ClN5O7. The Morgan fingerprint density at radius 2 is 1.78 bits per heavy atom. The number of fused-ring (bicyclic) bond motifs is 1. The molecule has 0 radical (unpaired) electrons. The van der Waals surface area contributed by atoms with Crippen LogP contribution in [-0.4, -0.2) is 59.0 Å². The van der Waals surface area contributed by atoms with E-state index in [0.29, 0.717) is 11.1 Å². The second-order valence-corrected chi connectivity index (χ2v) is 10.2. The van der Waals surface area contributed by atoms with E-state index in [1.54, 1.807) is 26.8 Å². The van der Waals surface area contributed by atoms with Crippen molar-refractivity contribution in [1.29, 1.82) is 0 Å². The molecule has 2 heterocycles. The topological polar surface area (TPSA) is 169 Å². The number of carbonyl (C=O) groups is 4. The van der Waals surface area contributed by atoms with E-state index in [4.69, 9.17) is 16.3 Å². The Labute approximate surface area is 240 Å². The predicted molar refractivity (Wildman–Crippen MR) is 150 cm³/mol. The summed E-state index contributed by atoms with van der Waals surface area (Å²) < 4.78 is 9.27. The number of rotatable bonds is 7. The van der Waals surface area contributed by atoms with Crippen LogP contribution in [0.15, 0.2) is 35.3 Å². The summed E-state index contributed by atoms with van der Waals surface area (Å²) in [5.41, 5.74) is -0.0644. The molecule has 214 valence electrons. The average Bonchev–Trinajstić information content (AvgIpc) is 2.93. The van der Waals surface area contributed by atoms with E-state index in [1.807, 2.05) is 0 Å². The summed E-state index contributed by atoms with van der Waals surface area (Å²) in [5.74, 6) is 3.56. The molecule has 0 unspecified atom stereocenters. The van der Waals surface area contributed by atoms with E-state index in [0.717, 1.165) is 0 Å². The largest absolute Gasteiger partial charge is 0.469 e. The second kappa shape index (κ2) is 13.1. The first-order valence-electron chi connectivity index (χ1n) is 12.3. The third-order valence-electron chi connectivity index (χ3n) is 5.69. The number of anilines is 1.